The summed E-state index contributed by atoms with van der Waals surface area (Å²) in [5.74, 6) is -0.927. The van der Waals surface area contributed by atoms with Gasteiger partial charge in [0.2, 0.25) is 5.91 Å². The van der Waals surface area contributed by atoms with E-state index in [1.807, 2.05) is 0 Å². The molecule has 1 aliphatic rings. The topological polar surface area (TPSA) is 76.1 Å². The van der Waals surface area contributed by atoms with Gasteiger partial charge in [0.1, 0.15) is 0 Å². The number of hydrogen-bond donors (Lipinski definition) is 1. The summed E-state index contributed by atoms with van der Waals surface area (Å²) in [4.78, 5) is 15.6. The summed E-state index contributed by atoms with van der Waals surface area (Å²) in [5, 5.41) is 2.04. The Morgan fingerprint density at radius 3 is 2.52 bits per heavy atom. The molecule has 0 bridgehead atoms. The van der Waals surface area contributed by atoms with Crippen molar-refractivity contribution in [1.82, 2.24) is 4.98 Å². The van der Waals surface area contributed by atoms with E-state index in [0.717, 1.165) is 18.2 Å². The van der Waals surface area contributed by atoms with Crippen molar-refractivity contribution >= 4 is 33.0 Å². The minimum Gasteiger partial charge on any atom is -0.324 e. The zero-order valence-electron chi connectivity index (χ0n) is 13.7. The number of pyridine rings is 1. The molecule has 27 heavy (non-hydrogen) atoms. The first-order chi connectivity index (χ1) is 12.6. The molecule has 1 fully saturated rings. The lowest BCUT2D eigenvalue weighted by Crippen LogP contribution is -2.42. The number of halogens is 4. The monoisotopic (exact) mass is 418 g/mol. The fourth-order valence-corrected chi connectivity index (χ4v) is 4.89. The van der Waals surface area contributed by atoms with Gasteiger partial charge in [0.25, 0.3) is 0 Å². The average molecular weight is 419 g/mol. The van der Waals surface area contributed by atoms with Crippen LogP contribution in [0.1, 0.15) is 18.4 Å². The van der Waals surface area contributed by atoms with Crippen molar-refractivity contribution in [3.05, 3.63) is 53.3 Å². The number of amides is 1. The smallest absolute Gasteiger partial charge is 0.324 e. The molecule has 0 saturated heterocycles. The molecule has 0 atom stereocenters. The molecule has 1 N–H and O–H groups in total. The lowest BCUT2D eigenvalue weighted by Gasteiger charge is -2.33. The van der Waals surface area contributed by atoms with Crippen molar-refractivity contribution in [1.29, 1.82) is 0 Å². The summed E-state index contributed by atoms with van der Waals surface area (Å²) in [7, 11) is -3.94. The van der Waals surface area contributed by atoms with Gasteiger partial charge in [-0.05, 0) is 37.1 Å². The molecule has 1 aromatic carbocycles. The van der Waals surface area contributed by atoms with Crippen LogP contribution < -0.4 is 5.32 Å². The van der Waals surface area contributed by atoms with Crippen LogP contribution in [0.15, 0.2) is 47.6 Å². The maximum absolute atomic E-state index is 12.8. The molecule has 1 aliphatic carbocycles. The maximum Gasteiger partial charge on any atom is 0.416 e. The van der Waals surface area contributed by atoms with Gasteiger partial charge >= 0.3 is 6.18 Å². The molecule has 1 aromatic heterocycles. The molecule has 0 aliphatic heterocycles. The molecule has 0 unspecified atom stereocenters. The Morgan fingerprint density at radius 2 is 1.89 bits per heavy atom. The summed E-state index contributed by atoms with van der Waals surface area (Å²) in [6.45, 7) is 0. The number of carbonyl (C=O) groups is 1. The number of alkyl halides is 3. The maximum atomic E-state index is 12.8. The van der Waals surface area contributed by atoms with E-state index in [-0.39, 0.29) is 23.6 Å². The number of benzene rings is 1. The van der Waals surface area contributed by atoms with E-state index in [1.54, 1.807) is 0 Å². The summed E-state index contributed by atoms with van der Waals surface area (Å²) in [5.41, 5.74) is -0.637. The van der Waals surface area contributed by atoms with Crippen LogP contribution in [0.3, 0.4) is 0 Å². The van der Waals surface area contributed by atoms with Crippen molar-refractivity contribution < 1.29 is 26.4 Å². The fraction of sp³-hybridized carbons (Fsp3) is 0.294. The van der Waals surface area contributed by atoms with Crippen molar-refractivity contribution in [2.24, 2.45) is 5.92 Å². The highest BCUT2D eigenvalue weighted by Gasteiger charge is 2.43. The zero-order valence-corrected chi connectivity index (χ0v) is 15.3. The molecular weight excluding hydrogens is 405 g/mol. The van der Waals surface area contributed by atoms with Gasteiger partial charge in [0.15, 0.2) is 9.84 Å². The van der Waals surface area contributed by atoms with Crippen LogP contribution in [-0.4, -0.2) is 24.6 Å². The van der Waals surface area contributed by atoms with Gasteiger partial charge in [-0.2, -0.15) is 13.2 Å². The van der Waals surface area contributed by atoms with Crippen LogP contribution in [0, 0.1) is 5.92 Å². The molecular formula is C17H14ClF3N2O3S. The van der Waals surface area contributed by atoms with Gasteiger partial charge in [-0.15, -0.1) is 0 Å². The highest BCUT2D eigenvalue weighted by molar-refractivity contribution is 7.92. The van der Waals surface area contributed by atoms with Gasteiger partial charge in [0, 0.05) is 12.1 Å². The fourth-order valence-electron chi connectivity index (χ4n) is 2.80. The number of carbonyl (C=O) groups excluding carboxylic acids is 1. The third-order valence-electron chi connectivity index (χ3n) is 4.37. The quantitative estimate of drug-likeness (QED) is 0.815. The molecule has 0 radical (unpaired) electrons. The van der Waals surface area contributed by atoms with E-state index in [0.29, 0.717) is 16.8 Å². The Balaban J connectivity index is 1.67. The molecule has 1 amide bonds. The Kier molecular flexibility index (Phi) is 5.18. The van der Waals surface area contributed by atoms with E-state index >= 15 is 0 Å². The molecule has 2 aromatic rings. The SMILES string of the molecule is O=C(Nc1cncc(Cl)c1)[C@H]1C[C@H](S(=O)(=O)c2cccc(C(F)(F)F)c2)C1. The first-order valence-corrected chi connectivity index (χ1v) is 9.82. The van der Waals surface area contributed by atoms with E-state index in [2.05, 4.69) is 10.3 Å². The van der Waals surface area contributed by atoms with Crippen LogP contribution in [0.2, 0.25) is 5.02 Å². The van der Waals surface area contributed by atoms with Gasteiger partial charge < -0.3 is 5.32 Å². The Hall–Kier alpha value is -2.13. The normalized spacial score (nSPS) is 20.0. The van der Waals surface area contributed by atoms with Crippen LogP contribution in [0.25, 0.3) is 0 Å². The summed E-state index contributed by atoms with van der Waals surface area (Å²) >= 11 is 5.78. The molecule has 0 spiro atoms. The molecule has 1 saturated carbocycles. The van der Waals surface area contributed by atoms with Gasteiger partial charge in [-0.1, -0.05) is 17.7 Å². The number of nitrogens with one attached hydrogen (secondary N) is 1. The predicted molar refractivity (Wildman–Crippen MR) is 93.0 cm³/mol. The number of aromatic nitrogens is 1. The van der Waals surface area contributed by atoms with E-state index in [9.17, 15) is 26.4 Å². The second kappa shape index (κ2) is 7.12. The highest BCUT2D eigenvalue weighted by Crippen LogP contribution is 2.38. The van der Waals surface area contributed by atoms with Crippen molar-refractivity contribution in [2.45, 2.75) is 29.2 Å². The molecule has 144 valence electrons. The third-order valence-corrected chi connectivity index (χ3v) is 6.75. The average Bonchev–Trinajstić information content (AvgIpc) is 2.52. The standard InChI is InChI=1S/C17H14ClF3N2O3S/c18-12-7-13(9-22-8-12)23-16(24)10-4-15(5-10)27(25,26)14-3-1-2-11(6-14)17(19,20)21/h1-3,6-10,15H,4-5H2,(H,23,24)/t10-,15-. The van der Waals surface area contributed by atoms with Gasteiger partial charge in [-0.25, -0.2) is 8.42 Å². The van der Waals surface area contributed by atoms with Crippen LogP contribution in [0.5, 0.6) is 0 Å². The second-order valence-electron chi connectivity index (χ2n) is 6.24. The number of hydrogen-bond acceptors (Lipinski definition) is 4. The van der Waals surface area contributed by atoms with Crippen LogP contribution in [-0.2, 0) is 20.8 Å². The first kappa shape index (κ1) is 19.6. The molecule has 5 nitrogen and oxygen atoms in total. The predicted octanol–water partition coefficient (Wildman–Crippen LogP) is 3.94. The minimum atomic E-state index is -4.63. The van der Waals surface area contributed by atoms with Crippen molar-refractivity contribution in [3.8, 4) is 0 Å². The summed E-state index contributed by atoms with van der Waals surface area (Å²) < 4.78 is 63.5. The Morgan fingerprint density at radius 1 is 1.19 bits per heavy atom. The van der Waals surface area contributed by atoms with E-state index in [4.69, 9.17) is 11.6 Å². The zero-order chi connectivity index (χ0) is 19.8. The lowest BCUT2D eigenvalue weighted by atomic mass is 9.84. The number of sulfone groups is 1. The van der Waals surface area contributed by atoms with Crippen molar-refractivity contribution in [2.75, 3.05) is 5.32 Å². The number of anilines is 1. The largest absolute Gasteiger partial charge is 0.416 e. The minimum absolute atomic E-state index is 0.0401. The summed E-state index contributed by atoms with van der Waals surface area (Å²) in [6, 6.07) is 5.14. The molecule has 10 heteroatoms. The van der Waals surface area contributed by atoms with E-state index < -0.39 is 32.7 Å². The lowest BCUT2D eigenvalue weighted by molar-refractivity contribution is -0.137. The molecule has 3 rings (SSSR count). The van der Waals surface area contributed by atoms with E-state index in [1.165, 1.54) is 18.5 Å². The Labute approximate surface area is 158 Å². The highest BCUT2D eigenvalue weighted by atomic mass is 35.5. The van der Waals surface area contributed by atoms with Crippen LogP contribution >= 0.6 is 11.6 Å². The number of rotatable bonds is 4. The van der Waals surface area contributed by atoms with Gasteiger partial charge in [0.05, 0.1) is 32.6 Å². The second-order valence-corrected chi connectivity index (χ2v) is 8.91. The Bertz CT molecular complexity index is 973. The summed E-state index contributed by atoms with van der Waals surface area (Å²) in [6.07, 6.45) is -1.74. The number of nitrogens with zero attached hydrogens (tertiary/aromatic N) is 1. The van der Waals surface area contributed by atoms with Gasteiger partial charge in [-0.3, -0.25) is 9.78 Å². The molecule has 1 heterocycles. The van der Waals surface area contributed by atoms with Crippen LogP contribution in [0.4, 0.5) is 18.9 Å². The first-order valence-electron chi connectivity index (χ1n) is 7.90. The third kappa shape index (κ3) is 4.24. The van der Waals surface area contributed by atoms with Crippen molar-refractivity contribution in [3.63, 3.8) is 0 Å².